The van der Waals surface area contributed by atoms with E-state index in [-0.39, 0.29) is 30.5 Å². The summed E-state index contributed by atoms with van der Waals surface area (Å²) in [6.07, 6.45) is 0.868. The molecule has 0 fully saturated rings. The molecule has 4 nitrogen and oxygen atoms in total. The average molecular weight is 479 g/mol. The third-order valence-corrected chi connectivity index (χ3v) is 6.48. The average Bonchev–Trinajstić information content (AvgIpc) is 2.80. The fourth-order valence-electron chi connectivity index (χ4n) is 4.43. The minimum atomic E-state index is -0.0211. The molecule has 4 rings (SSSR count). The molecule has 0 radical (unpaired) electrons. The van der Waals surface area contributed by atoms with Gasteiger partial charge in [-0.2, -0.15) is 0 Å². The largest absolute Gasteiger partial charge is 0.484 e. The van der Waals surface area contributed by atoms with Crippen molar-refractivity contribution in [2.45, 2.75) is 32.4 Å². The minimum absolute atomic E-state index is 0.00989. The Morgan fingerprint density at radius 2 is 1.68 bits per heavy atom. The van der Waals surface area contributed by atoms with E-state index in [9.17, 15) is 4.79 Å². The van der Waals surface area contributed by atoms with Crippen LogP contribution >= 0.6 is 15.9 Å². The Balaban J connectivity index is 1.61. The summed E-state index contributed by atoms with van der Waals surface area (Å²) in [5, 5.41) is 3.70. The van der Waals surface area contributed by atoms with E-state index in [0.717, 1.165) is 27.8 Å². The Kier molecular flexibility index (Phi) is 6.62. The quantitative estimate of drug-likeness (QED) is 0.442. The van der Waals surface area contributed by atoms with Crippen LogP contribution in [0.4, 0.5) is 11.4 Å². The normalized spacial score (nSPS) is 20.1. The molecule has 0 saturated heterocycles. The van der Waals surface area contributed by atoms with Crippen molar-refractivity contribution in [2.75, 3.05) is 16.8 Å². The van der Waals surface area contributed by atoms with Gasteiger partial charge in [0.15, 0.2) is 6.61 Å². The fraction of sp³-hybridized carbons (Fsp3) is 0.269. The van der Waals surface area contributed by atoms with E-state index in [1.165, 1.54) is 0 Å². The van der Waals surface area contributed by atoms with Crippen molar-refractivity contribution in [3.8, 4) is 5.75 Å². The summed E-state index contributed by atoms with van der Waals surface area (Å²) in [5.41, 5.74) is 3.19. The number of hydrogen-bond donors (Lipinski definition) is 1. The van der Waals surface area contributed by atoms with E-state index < -0.39 is 0 Å². The van der Waals surface area contributed by atoms with Gasteiger partial charge in [0.1, 0.15) is 5.75 Å². The lowest BCUT2D eigenvalue weighted by Gasteiger charge is -2.45. The maximum Gasteiger partial charge on any atom is 0.265 e. The molecule has 160 valence electrons. The molecule has 31 heavy (non-hydrogen) atoms. The number of rotatable bonds is 6. The first kappa shape index (κ1) is 21.4. The SMILES string of the molecule is CC[C@@H]1[C@@H](C)[C@H](Nc2ccccc2)c2ccccc2N1C(=O)COc1ccc(Br)cc1. The van der Waals surface area contributed by atoms with E-state index in [4.69, 9.17) is 4.74 Å². The van der Waals surface area contributed by atoms with E-state index in [2.05, 4.69) is 53.3 Å². The number of carbonyl (C=O) groups excluding carboxylic acids is 1. The van der Waals surface area contributed by atoms with Crippen LogP contribution in [-0.2, 0) is 4.79 Å². The number of hydrogen-bond acceptors (Lipinski definition) is 3. The first-order valence-electron chi connectivity index (χ1n) is 10.7. The van der Waals surface area contributed by atoms with Gasteiger partial charge in [0.25, 0.3) is 5.91 Å². The number of anilines is 2. The number of halogens is 1. The summed E-state index contributed by atoms with van der Waals surface area (Å²) in [4.78, 5) is 15.3. The number of para-hydroxylation sites is 2. The molecular weight excluding hydrogens is 452 g/mol. The van der Waals surface area contributed by atoms with Gasteiger partial charge in [-0.1, -0.05) is 66.2 Å². The molecule has 0 unspecified atom stereocenters. The van der Waals surface area contributed by atoms with Gasteiger partial charge in [-0.25, -0.2) is 0 Å². The lowest BCUT2D eigenvalue weighted by molar-refractivity contribution is -0.121. The number of benzene rings is 3. The zero-order chi connectivity index (χ0) is 21.8. The molecule has 3 aromatic carbocycles. The van der Waals surface area contributed by atoms with Crippen LogP contribution in [0.1, 0.15) is 31.9 Å². The van der Waals surface area contributed by atoms with Crippen LogP contribution in [0.25, 0.3) is 0 Å². The van der Waals surface area contributed by atoms with Crippen molar-refractivity contribution < 1.29 is 9.53 Å². The zero-order valence-corrected chi connectivity index (χ0v) is 19.4. The van der Waals surface area contributed by atoms with E-state index >= 15 is 0 Å². The number of nitrogens with zero attached hydrogens (tertiary/aromatic N) is 1. The van der Waals surface area contributed by atoms with Crippen LogP contribution in [0.5, 0.6) is 5.75 Å². The summed E-state index contributed by atoms with van der Waals surface area (Å²) in [5.74, 6) is 0.899. The predicted octanol–water partition coefficient (Wildman–Crippen LogP) is 6.44. The van der Waals surface area contributed by atoms with Gasteiger partial charge in [-0.3, -0.25) is 4.79 Å². The molecule has 1 aliphatic heterocycles. The van der Waals surface area contributed by atoms with Crippen molar-refractivity contribution in [2.24, 2.45) is 5.92 Å². The molecule has 1 N–H and O–H groups in total. The Labute approximate surface area is 192 Å². The molecule has 5 heteroatoms. The Bertz CT molecular complexity index is 1020. The maximum absolute atomic E-state index is 13.4. The first-order chi connectivity index (χ1) is 15.1. The lowest BCUT2D eigenvalue weighted by Crippen LogP contribution is -2.51. The summed E-state index contributed by atoms with van der Waals surface area (Å²) in [7, 11) is 0. The number of nitrogens with one attached hydrogen (secondary N) is 1. The van der Waals surface area contributed by atoms with Gasteiger partial charge in [-0.15, -0.1) is 0 Å². The van der Waals surface area contributed by atoms with Crippen LogP contribution in [-0.4, -0.2) is 18.6 Å². The lowest BCUT2D eigenvalue weighted by atomic mass is 9.81. The van der Waals surface area contributed by atoms with Crippen molar-refractivity contribution in [1.29, 1.82) is 0 Å². The number of ether oxygens (including phenoxy) is 1. The Morgan fingerprint density at radius 1 is 1.00 bits per heavy atom. The smallest absolute Gasteiger partial charge is 0.265 e. The second-order valence-corrected chi connectivity index (χ2v) is 8.80. The second kappa shape index (κ2) is 9.56. The molecule has 0 saturated carbocycles. The van der Waals surface area contributed by atoms with E-state index in [0.29, 0.717) is 5.75 Å². The van der Waals surface area contributed by atoms with Crippen LogP contribution in [0, 0.1) is 5.92 Å². The molecule has 0 aliphatic carbocycles. The molecule has 1 heterocycles. The molecule has 0 aromatic heterocycles. The van der Waals surface area contributed by atoms with Crippen molar-refractivity contribution in [3.05, 3.63) is 88.9 Å². The monoisotopic (exact) mass is 478 g/mol. The van der Waals surface area contributed by atoms with Gasteiger partial charge in [0.2, 0.25) is 0 Å². The molecule has 1 aliphatic rings. The highest BCUT2D eigenvalue weighted by Crippen LogP contribution is 2.43. The van der Waals surface area contributed by atoms with E-state index in [1.807, 2.05) is 65.6 Å². The third-order valence-electron chi connectivity index (χ3n) is 5.95. The molecule has 0 spiro atoms. The zero-order valence-electron chi connectivity index (χ0n) is 17.8. The number of amides is 1. The Morgan fingerprint density at radius 3 is 2.39 bits per heavy atom. The van der Waals surface area contributed by atoms with Crippen LogP contribution in [0.2, 0.25) is 0 Å². The summed E-state index contributed by atoms with van der Waals surface area (Å²) in [6.45, 7) is 4.38. The van der Waals surface area contributed by atoms with Gasteiger partial charge in [-0.05, 0) is 54.4 Å². The van der Waals surface area contributed by atoms with Crippen LogP contribution in [0.15, 0.2) is 83.3 Å². The highest BCUT2D eigenvalue weighted by molar-refractivity contribution is 9.10. The van der Waals surface area contributed by atoms with Crippen molar-refractivity contribution >= 4 is 33.2 Å². The van der Waals surface area contributed by atoms with Crippen molar-refractivity contribution in [1.82, 2.24) is 0 Å². The van der Waals surface area contributed by atoms with Gasteiger partial charge >= 0.3 is 0 Å². The molecular formula is C26H27BrN2O2. The van der Waals surface area contributed by atoms with Gasteiger partial charge in [0, 0.05) is 27.8 Å². The van der Waals surface area contributed by atoms with Crippen molar-refractivity contribution in [3.63, 3.8) is 0 Å². The fourth-order valence-corrected chi connectivity index (χ4v) is 4.70. The standard InChI is InChI=1S/C26H27BrN2O2/c1-3-23-18(2)26(28-20-9-5-4-6-10-20)22-11-7-8-12-24(22)29(23)25(30)17-31-21-15-13-19(27)14-16-21/h4-16,18,23,26,28H,3,17H2,1-2H3/t18-,23-,26+/m1/s1. The van der Waals surface area contributed by atoms with Gasteiger partial charge in [0.05, 0.1) is 6.04 Å². The summed E-state index contributed by atoms with van der Waals surface area (Å²) >= 11 is 3.42. The molecule has 0 bridgehead atoms. The number of carbonyl (C=O) groups is 1. The molecule has 3 aromatic rings. The minimum Gasteiger partial charge on any atom is -0.484 e. The second-order valence-electron chi connectivity index (χ2n) is 7.89. The molecule has 3 atom stereocenters. The summed E-state index contributed by atoms with van der Waals surface area (Å²) < 4.78 is 6.79. The Hall–Kier alpha value is -2.79. The number of fused-ring (bicyclic) bond motifs is 1. The molecule has 1 amide bonds. The maximum atomic E-state index is 13.4. The van der Waals surface area contributed by atoms with Crippen LogP contribution in [0.3, 0.4) is 0 Å². The van der Waals surface area contributed by atoms with E-state index in [1.54, 1.807) is 0 Å². The van der Waals surface area contributed by atoms with Gasteiger partial charge < -0.3 is 15.0 Å². The highest BCUT2D eigenvalue weighted by atomic mass is 79.9. The van der Waals surface area contributed by atoms with Crippen LogP contribution < -0.4 is 15.0 Å². The topological polar surface area (TPSA) is 41.6 Å². The third kappa shape index (κ3) is 4.62. The first-order valence-corrected chi connectivity index (χ1v) is 11.5. The summed E-state index contributed by atoms with van der Waals surface area (Å²) in [6, 6.07) is 26.2. The highest BCUT2D eigenvalue weighted by Gasteiger charge is 2.40. The predicted molar refractivity (Wildman–Crippen MR) is 130 cm³/mol.